The summed E-state index contributed by atoms with van der Waals surface area (Å²) in [5, 5.41) is 0. The number of carbonyl (C=O) groups excluding carboxylic acids is 1. The Labute approximate surface area is 144 Å². The first-order valence-electron chi connectivity index (χ1n) is 10.0. The minimum absolute atomic E-state index is 0.520. The van der Waals surface area contributed by atoms with Gasteiger partial charge in [-0.15, -0.1) is 0 Å². The average Bonchev–Trinajstić information content (AvgIpc) is 2.58. The van der Waals surface area contributed by atoms with Crippen molar-refractivity contribution in [3.05, 3.63) is 12.2 Å². The van der Waals surface area contributed by atoms with Gasteiger partial charge in [0.1, 0.15) is 6.29 Å². The number of allylic oxidation sites excluding steroid dienone is 2. The number of hydrogen-bond donors (Lipinski definition) is 1. The van der Waals surface area contributed by atoms with Crippen LogP contribution in [0.15, 0.2) is 12.2 Å². The molecule has 0 saturated heterocycles. The lowest BCUT2D eigenvalue weighted by atomic mass is 9.70. The molecule has 2 nitrogen and oxygen atoms in total. The lowest BCUT2D eigenvalue weighted by molar-refractivity contribution is -0.104. The highest BCUT2D eigenvalue weighted by molar-refractivity contribution is 5.64. The zero-order valence-electron chi connectivity index (χ0n) is 15.5. The van der Waals surface area contributed by atoms with Gasteiger partial charge < -0.3 is 5.73 Å². The van der Waals surface area contributed by atoms with Crippen LogP contribution < -0.4 is 5.73 Å². The molecule has 0 atom stereocenters. The van der Waals surface area contributed by atoms with Crippen molar-refractivity contribution in [3.8, 4) is 0 Å². The fourth-order valence-electron chi connectivity index (χ4n) is 4.33. The van der Waals surface area contributed by atoms with E-state index in [4.69, 9.17) is 5.73 Å². The standard InChI is InChI=1S/C17H33N.C4H6O/c1-2-3-4-5-14-6-8-15(9-7-14)16-10-12-17(18)13-11-16;1-2-3-4-5/h14-17H,2-13,18H2,1H3;2-4H,1H3/b;3-2+. The number of nitrogens with two attached hydrogens (primary N) is 1. The molecule has 2 heteroatoms. The Morgan fingerprint density at radius 2 is 1.48 bits per heavy atom. The fraction of sp³-hybridized carbons (Fsp3) is 0.857. The molecule has 2 aliphatic carbocycles. The third-order valence-electron chi connectivity index (χ3n) is 5.86. The first-order chi connectivity index (χ1) is 11.2. The maximum Gasteiger partial charge on any atom is 0.142 e. The minimum Gasteiger partial charge on any atom is -0.328 e. The zero-order valence-corrected chi connectivity index (χ0v) is 15.5. The van der Waals surface area contributed by atoms with Crippen molar-refractivity contribution in [1.29, 1.82) is 0 Å². The summed E-state index contributed by atoms with van der Waals surface area (Å²) in [6, 6.07) is 0.520. The second-order valence-corrected chi connectivity index (χ2v) is 7.61. The van der Waals surface area contributed by atoms with Gasteiger partial charge in [0.15, 0.2) is 0 Å². The van der Waals surface area contributed by atoms with Gasteiger partial charge >= 0.3 is 0 Å². The third kappa shape index (κ3) is 8.69. The van der Waals surface area contributed by atoms with E-state index in [9.17, 15) is 4.79 Å². The molecule has 134 valence electrons. The Morgan fingerprint density at radius 3 is 1.91 bits per heavy atom. The Morgan fingerprint density at radius 1 is 0.913 bits per heavy atom. The summed E-state index contributed by atoms with van der Waals surface area (Å²) in [4.78, 5) is 9.32. The normalized spacial score (nSPS) is 31.4. The minimum atomic E-state index is 0.520. The lowest BCUT2D eigenvalue weighted by Gasteiger charge is -2.37. The molecular weight excluding hydrogens is 282 g/mol. The smallest absolute Gasteiger partial charge is 0.142 e. The van der Waals surface area contributed by atoms with Crippen LogP contribution in [0.5, 0.6) is 0 Å². The van der Waals surface area contributed by atoms with Gasteiger partial charge in [-0.05, 0) is 69.3 Å². The lowest BCUT2D eigenvalue weighted by Crippen LogP contribution is -2.31. The van der Waals surface area contributed by atoms with Crippen molar-refractivity contribution in [3.63, 3.8) is 0 Å². The first-order valence-corrected chi connectivity index (χ1v) is 10.0. The van der Waals surface area contributed by atoms with Crippen LogP contribution in [0, 0.1) is 17.8 Å². The van der Waals surface area contributed by atoms with E-state index < -0.39 is 0 Å². The quantitative estimate of drug-likeness (QED) is 0.390. The van der Waals surface area contributed by atoms with Gasteiger partial charge in [-0.3, -0.25) is 4.79 Å². The molecule has 0 bridgehead atoms. The maximum atomic E-state index is 9.32. The topological polar surface area (TPSA) is 43.1 Å². The predicted octanol–water partition coefficient (Wildman–Crippen LogP) is 5.65. The summed E-state index contributed by atoms with van der Waals surface area (Å²) in [7, 11) is 0. The summed E-state index contributed by atoms with van der Waals surface area (Å²) in [6.45, 7) is 4.11. The van der Waals surface area contributed by atoms with E-state index >= 15 is 0 Å². The highest BCUT2D eigenvalue weighted by Gasteiger charge is 2.29. The Balaban J connectivity index is 0.000000463. The second-order valence-electron chi connectivity index (χ2n) is 7.61. The summed E-state index contributed by atoms with van der Waals surface area (Å²) < 4.78 is 0. The van der Waals surface area contributed by atoms with Gasteiger partial charge in [0.2, 0.25) is 0 Å². The molecule has 0 aromatic carbocycles. The molecule has 23 heavy (non-hydrogen) atoms. The van der Waals surface area contributed by atoms with Crippen LogP contribution in [0.3, 0.4) is 0 Å². The molecule has 0 amide bonds. The van der Waals surface area contributed by atoms with E-state index in [2.05, 4.69) is 6.92 Å². The number of unbranched alkanes of at least 4 members (excludes halogenated alkanes) is 2. The number of rotatable bonds is 6. The van der Waals surface area contributed by atoms with Crippen LogP contribution in [0.25, 0.3) is 0 Å². The molecule has 0 aromatic rings. The molecule has 2 N–H and O–H groups in total. The number of hydrogen-bond acceptors (Lipinski definition) is 2. The molecule has 2 aliphatic rings. The molecule has 2 fully saturated rings. The van der Waals surface area contributed by atoms with Gasteiger partial charge in [0.25, 0.3) is 0 Å². The largest absolute Gasteiger partial charge is 0.328 e. The molecule has 0 aliphatic heterocycles. The Kier molecular flexibility index (Phi) is 11.3. The molecular formula is C21H39NO. The molecule has 0 radical (unpaired) electrons. The van der Waals surface area contributed by atoms with Crippen molar-refractivity contribution >= 4 is 6.29 Å². The summed E-state index contributed by atoms with van der Waals surface area (Å²) in [6.07, 6.45) is 21.2. The van der Waals surface area contributed by atoms with Crippen LogP contribution >= 0.6 is 0 Å². The molecule has 0 heterocycles. The highest BCUT2D eigenvalue weighted by Crippen LogP contribution is 2.40. The van der Waals surface area contributed by atoms with Crippen LogP contribution in [0.2, 0.25) is 0 Å². The molecule has 0 unspecified atom stereocenters. The molecule has 2 rings (SSSR count). The third-order valence-corrected chi connectivity index (χ3v) is 5.86. The predicted molar refractivity (Wildman–Crippen MR) is 100 cm³/mol. The van der Waals surface area contributed by atoms with Crippen molar-refractivity contribution in [2.75, 3.05) is 0 Å². The molecule has 0 spiro atoms. The van der Waals surface area contributed by atoms with Gasteiger partial charge in [-0.1, -0.05) is 51.5 Å². The summed E-state index contributed by atoms with van der Waals surface area (Å²) in [5.41, 5.74) is 6.02. The highest BCUT2D eigenvalue weighted by atomic mass is 16.1. The molecule has 2 saturated carbocycles. The van der Waals surface area contributed by atoms with Crippen LogP contribution in [0.1, 0.15) is 90.9 Å². The maximum absolute atomic E-state index is 9.32. The van der Waals surface area contributed by atoms with Crippen molar-refractivity contribution in [1.82, 2.24) is 0 Å². The number of aldehydes is 1. The van der Waals surface area contributed by atoms with Crippen LogP contribution in [-0.4, -0.2) is 12.3 Å². The van der Waals surface area contributed by atoms with Crippen LogP contribution in [0.4, 0.5) is 0 Å². The Hall–Kier alpha value is -0.630. The summed E-state index contributed by atoms with van der Waals surface area (Å²) in [5.74, 6) is 3.15. The van der Waals surface area contributed by atoms with E-state index in [0.717, 1.165) is 24.0 Å². The first kappa shape index (κ1) is 20.4. The zero-order chi connectivity index (χ0) is 16.9. The second kappa shape index (κ2) is 12.8. The average molecular weight is 322 g/mol. The van der Waals surface area contributed by atoms with Gasteiger partial charge in [-0.2, -0.15) is 0 Å². The van der Waals surface area contributed by atoms with E-state index in [1.165, 1.54) is 83.1 Å². The van der Waals surface area contributed by atoms with Crippen molar-refractivity contribution < 1.29 is 4.79 Å². The van der Waals surface area contributed by atoms with E-state index in [1.54, 1.807) is 13.0 Å². The number of carbonyl (C=O) groups is 1. The van der Waals surface area contributed by atoms with Gasteiger partial charge in [0, 0.05) is 6.04 Å². The van der Waals surface area contributed by atoms with E-state index in [0.29, 0.717) is 6.04 Å². The van der Waals surface area contributed by atoms with E-state index in [1.807, 2.05) is 0 Å². The SMILES string of the molecule is C/C=C/C=O.CCCCCC1CCC(C2CCC(N)CC2)CC1. The Bertz CT molecular complexity index is 310. The van der Waals surface area contributed by atoms with E-state index in [-0.39, 0.29) is 0 Å². The van der Waals surface area contributed by atoms with Crippen LogP contribution in [-0.2, 0) is 4.79 Å². The molecule has 0 aromatic heterocycles. The summed E-state index contributed by atoms with van der Waals surface area (Å²) >= 11 is 0. The fourth-order valence-corrected chi connectivity index (χ4v) is 4.33. The van der Waals surface area contributed by atoms with Crippen molar-refractivity contribution in [2.45, 2.75) is 96.9 Å². The van der Waals surface area contributed by atoms with Gasteiger partial charge in [0.05, 0.1) is 0 Å². The monoisotopic (exact) mass is 321 g/mol. The van der Waals surface area contributed by atoms with Gasteiger partial charge in [-0.25, -0.2) is 0 Å². The van der Waals surface area contributed by atoms with Crippen molar-refractivity contribution in [2.24, 2.45) is 23.5 Å².